The molecule has 1 amide bonds. The molecule has 4 aromatic rings. The molecule has 1 saturated heterocycles. The second-order valence-corrected chi connectivity index (χ2v) is 8.51. The molecule has 1 aliphatic rings. The van der Waals surface area contributed by atoms with Gasteiger partial charge in [0.25, 0.3) is 5.91 Å². The van der Waals surface area contributed by atoms with Crippen molar-refractivity contribution >= 4 is 17.3 Å². The van der Waals surface area contributed by atoms with Crippen LogP contribution in [0.25, 0.3) is 5.69 Å². The zero-order valence-corrected chi connectivity index (χ0v) is 19.1. The monoisotopic (exact) mass is 453 g/mol. The van der Waals surface area contributed by atoms with Gasteiger partial charge in [0.05, 0.1) is 5.69 Å². The summed E-state index contributed by atoms with van der Waals surface area (Å²) < 4.78 is 1.58. The lowest BCUT2D eigenvalue weighted by Crippen LogP contribution is -2.45. The number of carbonyl (C=O) groups excluding carboxylic acids is 1. The smallest absolute Gasteiger partial charge is 0.255 e. The van der Waals surface area contributed by atoms with E-state index in [0.29, 0.717) is 5.56 Å². The number of benzene rings is 3. The van der Waals surface area contributed by atoms with E-state index in [1.807, 2.05) is 31.2 Å². The third-order valence-corrected chi connectivity index (χ3v) is 6.17. The SMILES string of the molecule is Cc1cc(C(=O)Nc2ccc(N3CCN(Cc4ccccc4)CC3)cc2)ccc1-n1cnnn1. The molecule has 0 unspecified atom stereocenters. The van der Waals surface area contributed by atoms with Crippen molar-refractivity contribution in [3.63, 3.8) is 0 Å². The summed E-state index contributed by atoms with van der Waals surface area (Å²) in [6.07, 6.45) is 1.53. The van der Waals surface area contributed by atoms with Crippen LogP contribution in [-0.2, 0) is 6.54 Å². The van der Waals surface area contributed by atoms with Crippen molar-refractivity contribution < 1.29 is 4.79 Å². The number of hydrogen-bond acceptors (Lipinski definition) is 6. The highest BCUT2D eigenvalue weighted by atomic mass is 16.1. The molecule has 1 aliphatic heterocycles. The zero-order chi connectivity index (χ0) is 23.3. The number of rotatable bonds is 6. The number of carbonyl (C=O) groups is 1. The molecule has 34 heavy (non-hydrogen) atoms. The Balaban J connectivity index is 1.16. The first-order valence-corrected chi connectivity index (χ1v) is 11.4. The highest BCUT2D eigenvalue weighted by Crippen LogP contribution is 2.21. The van der Waals surface area contributed by atoms with Gasteiger partial charge in [-0.25, -0.2) is 4.68 Å². The van der Waals surface area contributed by atoms with Crippen LogP contribution in [0.4, 0.5) is 11.4 Å². The molecule has 0 aliphatic carbocycles. The normalized spacial score (nSPS) is 14.2. The van der Waals surface area contributed by atoms with E-state index in [-0.39, 0.29) is 5.91 Å². The Hall–Kier alpha value is -4.04. The minimum Gasteiger partial charge on any atom is -0.369 e. The second-order valence-electron chi connectivity index (χ2n) is 8.51. The third-order valence-electron chi connectivity index (χ3n) is 6.17. The second kappa shape index (κ2) is 9.84. The maximum absolute atomic E-state index is 12.8. The fourth-order valence-electron chi connectivity index (χ4n) is 4.29. The standard InChI is InChI=1S/C26H27N7O/c1-20-17-22(7-12-25(20)33-19-27-29-30-33)26(34)28-23-8-10-24(11-9-23)32-15-13-31(14-16-32)18-21-5-3-2-4-6-21/h2-12,17,19H,13-16,18H2,1H3,(H,28,34). The molecule has 0 radical (unpaired) electrons. The Kier molecular flexibility index (Phi) is 6.31. The summed E-state index contributed by atoms with van der Waals surface area (Å²) in [4.78, 5) is 17.7. The van der Waals surface area contributed by atoms with Gasteiger partial charge in [-0.05, 0) is 70.9 Å². The highest BCUT2D eigenvalue weighted by Gasteiger charge is 2.17. The lowest BCUT2D eigenvalue weighted by atomic mass is 10.1. The van der Waals surface area contributed by atoms with Crippen LogP contribution in [0, 0.1) is 6.92 Å². The van der Waals surface area contributed by atoms with E-state index >= 15 is 0 Å². The summed E-state index contributed by atoms with van der Waals surface area (Å²) in [5, 5.41) is 14.2. The Morgan fingerprint density at radius 2 is 1.71 bits per heavy atom. The van der Waals surface area contributed by atoms with Gasteiger partial charge in [-0.1, -0.05) is 30.3 Å². The first-order valence-electron chi connectivity index (χ1n) is 11.4. The van der Waals surface area contributed by atoms with Crippen LogP contribution in [0.15, 0.2) is 79.1 Å². The summed E-state index contributed by atoms with van der Waals surface area (Å²) in [6, 6.07) is 24.2. The van der Waals surface area contributed by atoms with Gasteiger partial charge >= 0.3 is 0 Å². The molecule has 8 heteroatoms. The van der Waals surface area contributed by atoms with Crippen molar-refractivity contribution in [1.29, 1.82) is 0 Å². The predicted octanol–water partition coefficient (Wildman–Crippen LogP) is 3.55. The third kappa shape index (κ3) is 4.97. The van der Waals surface area contributed by atoms with Crippen molar-refractivity contribution in [2.75, 3.05) is 36.4 Å². The average Bonchev–Trinajstić information content (AvgIpc) is 3.40. The molecule has 1 fully saturated rings. The Morgan fingerprint density at radius 1 is 0.941 bits per heavy atom. The molecule has 3 aromatic carbocycles. The van der Waals surface area contributed by atoms with Gasteiger partial charge in [0.1, 0.15) is 6.33 Å². The van der Waals surface area contributed by atoms with Gasteiger partial charge in [-0.3, -0.25) is 9.69 Å². The number of aryl methyl sites for hydroxylation is 1. The van der Waals surface area contributed by atoms with Gasteiger partial charge in [0, 0.05) is 49.7 Å². The Labute approximate surface area is 198 Å². The number of nitrogens with zero attached hydrogens (tertiary/aromatic N) is 6. The van der Waals surface area contributed by atoms with Crippen LogP contribution in [-0.4, -0.2) is 57.2 Å². The predicted molar refractivity (Wildman–Crippen MR) is 132 cm³/mol. The summed E-state index contributed by atoms with van der Waals surface area (Å²) in [7, 11) is 0. The van der Waals surface area contributed by atoms with Crippen molar-refractivity contribution in [1.82, 2.24) is 25.1 Å². The van der Waals surface area contributed by atoms with E-state index in [2.05, 4.69) is 73.1 Å². The summed E-state index contributed by atoms with van der Waals surface area (Å²) in [6.45, 7) is 6.98. The molecule has 8 nitrogen and oxygen atoms in total. The number of anilines is 2. The van der Waals surface area contributed by atoms with Crippen molar-refractivity contribution in [3.05, 3.63) is 95.8 Å². The van der Waals surface area contributed by atoms with E-state index < -0.39 is 0 Å². The number of tetrazole rings is 1. The molecule has 5 rings (SSSR count). The largest absolute Gasteiger partial charge is 0.369 e. The lowest BCUT2D eigenvalue weighted by Gasteiger charge is -2.36. The molecule has 0 saturated carbocycles. The van der Waals surface area contributed by atoms with Gasteiger partial charge in [-0.2, -0.15) is 0 Å². The van der Waals surface area contributed by atoms with Gasteiger partial charge < -0.3 is 10.2 Å². The summed E-state index contributed by atoms with van der Waals surface area (Å²) in [5.74, 6) is -0.145. The van der Waals surface area contributed by atoms with Crippen LogP contribution in [0.5, 0.6) is 0 Å². The van der Waals surface area contributed by atoms with Gasteiger partial charge in [0.15, 0.2) is 0 Å². The van der Waals surface area contributed by atoms with E-state index in [4.69, 9.17) is 0 Å². The van der Waals surface area contributed by atoms with Crippen molar-refractivity contribution in [3.8, 4) is 5.69 Å². The van der Waals surface area contributed by atoms with Gasteiger partial charge in [0.2, 0.25) is 0 Å². The molecule has 1 aromatic heterocycles. The Bertz CT molecular complexity index is 1230. The molecule has 0 bridgehead atoms. The summed E-state index contributed by atoms with van der Waals surface area (Å²) >= 11 is 0. The molecule has 2 heterocycles. The molecule has 172 valence electrons. The fourth-order valence-corrected chi connectivity index (χ4v) is 4.29. The topological polar surface area (TPSA) is 79.2 Å². The molecule has 0 atom stereocenters. The van der Waals surface area contributed by atoms with E-state index in [9.17, 15) is 4.79 Å². The summed E-state index contributed by atoms with van der Waals surface area (Å²) in [5.41, 5.74) is 5.67. The minimum atomic E-state index is -0.145. The fraction of sp³-hybridized carbons (Fsp3) is 0.231. The molecule has 0 spiro atoms. The first kappa shape index (κ1) is 21.8. The van der Waals surface area contributed by atoms with E-state index in [0.717, 1.165) is 49.7 Å². The van der Waals surface area contributed by atoms with Crippen molar-refractivity contribution in [2.24, 2.45) is 0 Å². The van der Waals surface area contributed by atoms with Crippen LogP contribution < -0.4 is 10.2 Å². The quantitative estimate of drug-likeness (QED) is 0.481. The number of hydrogen-bond donors (Lipinski definition) is 1. The number of piperazine rings is 1. The lowest BCUT2D eigenvalue weighted by molar-refractivity contribution is 0.102. The van der Waals surface area contributed by atoms with E-state index in [1.165, 1.54) is 17.6 Å². The number of amides is 1. The maximum atomic E-state index is 12.8. The Morgan fingerprint density at radius 3 is 2.38 bits per heavy atom. The number of nitrogens with one attached hydrogen (secondary N) is 1. The van der Waals surface area contributed by atoms with E-state index in [1.54, 1.807) is 10.7 Å². The molecular formula is C26H27N7O. The molecule has 1 N–H and O–H groups in total. The number of aromatic nitrogens is 4. The maximum Gasteiger partial charge on any atom is 0.255 e. The first-order chi connectivity index (χ1) is 16.7. The van der Waals surface area contributed by atoms with Crippen molar-refractivity contribution in [2.45, 2.75) is 13.5 Å². The molecular weight excluding hydrogens is 426 g/mol. The zero-order valence-electron chi connectivity index (χ0n) is 19.1. The highest BCUT2D eigenvalue weighted by molar-refractivity contribution is 6.04. The van der Waals surface area contributed by atoms with Crippen LogP contribution >= 0.6 is 0 Å². The van der Waals surface area contributed by atoms with Gasteiger partial charge in [-0.15, -0.1) is 5.10 Å². The minimum absolute atomic E-state index is 0.145. The van der Waals surface area contributed by atoms with Crippen LogP contribution in [0.3, 0.4) is 0 Å². The van der Waals surface area contributed by atoms with Crippen LogP contribution in [0.2, 0.25) is 0 Å². The van der Waals surface area contributed by atoms with Crippen LogP contribution in [0.1, 0.15) is 21.5 Å². The average molecular weight is 454 g/mol.